The number of nitrogens with zero attached hydrogens (tertiary/aromatic N) is 4. The lowest BCUT2D eigenvalue weighted by Crippen LogP contribution is -2.48. The molecule has 4 atom stereocenters. The summed E-state index contributed by atoms with van der Waals surface area (Å²) in [5.74, 6) is 3.23. The molecule has 8 nitrogen and oxygen atoms in total. The maximum absolute atomic E-state index is 12.3. The number of ether oxygens (including phenoxy) is 1. The van der Waals surface area contributed by atoms with Crippen molar-refractivity contribution in [1.82, 2.24) is 25.4 Å². The summed E-state index contributed by atoms with van der Waals surface area (Å²) in [5.41, 5.74) is 0. The fourth-order valence-corrected chi connectivity index (χ4v) is 5.20. The number of nitrogens with one attached hydrogen (secondary N) is 2. The van der Waals surface area contributed by atoms with Gasteiger partial charge < -0.3 is 19.9 Å². The quantitative estimate of drug-likeness (QED) is 0.522. The molecule has 0 radical (unpaired) electrons. The van der Waals surface area contributed by atoms with Crippen LogP contribution in [-0.2, 0) is 29.1 Å². The van der Waals surface area contributed by atoms with Crippen LogP contribution in [0.3, 0.4) is 0 Å². The smallest absolute Gasteiger partial charge is 0.192 e. The largest absolute Gasteiger partial charge is 0.376 e. The summed E-state index contributed by atoms with van der Waals surface area (Å²) in [6.45, 7) is 6.00. The standard InChI is InChI=1S/C19H34N6O2S/c1-4-28(26)17-9-5-7-15(11-17)22-19(20-12-16-8-6-10-27-16)21-13-18-24-23-14(2)25(18)3/h15-17H,4-13H2,1-3H3,(H2,20,21,22). The lowest BCUT2D eigenvalue weighted by molar-refractivity contribution is 0.113. The molecule has 9 heteroatoms. The van der Waals surface area contributed by atoms with Gasteiger partial charge in [-0.15, -0.1) is 10.2 Å². The first-order chi connectivity index (χ1) is 13.6. The highest BCUT2D eigenvalue weighted by Crippen LogP contribution is 2.23. The van der Waals surface area contributed by atoms with Crippen molar-refractivity contribution in [3.63, 3.8) is 0 Å². The van der Waals surface area contributed by atoms with E-state index in [0.717, 1.165) is 75.0 Å². The maximum atomic E-state index is 12.3. The van der Waals surface area contributed by atoms with Crippen LogP contribution in [0.15, 0.2) is 4.99 Å². The van der Waals surface area contributed by atoms with E-state index >= 15 is 0 Å². The first kappa shape index (κ1) is 21.2. The van der Waals surface area contributed by atoms with Gasteiger partial charge in [0.15, 0.2) is 11.8 Å². The predicted octanol–water partition coefficient (Wildman–Crippen LogP) is 1.42. The number of guanidine groups is 1. The summed E-state index contributed by atoms with van der Waals surface area (Å²) in [4.78, 5) is 4.75. The van der Waals surface area contributed by atoms with Gasteiger partial charge in [0.25, 0.3) is 0 Å². The lowest BCUT2D eigenvalue weighted by atomic mass is 9.95. The molecule has 1 aromatic rings. The molecule has 1 aromatic heterocycles. The first-order valence-corrected chi connectivity index (χ1v) is 11.8. The van der Waals surface area contributed by atoms with Crippen LogP contribution in [0.25, 0.3) is 0 Å². The van der Waals surface area contributed by atoms with Crippen molar-refractivity contribution in [2.75, 3.05) is 18.9 Å². The van der Waals surface area contributed by atoms with Crippen molar-refractivity contribution in [2.24, 2.45) is 12.0 Å². The molecule has 4 unspecified atom stereocenters. The summed E-state index contributed by atoms with van der Waals surface area (Å²) in [7, 11) is 1.23. The van der Waals surface area contributed by atoms with E-state index in [0.29, 0.717) is 12.6 Å². The summed E-state index contributed by atoms with van der Waals surface area (Å²) in [6.07, 6.45) is 6.64. The van der Waals surface area contributed by atoms with Gasteiger partial charge in [0.05, 0.1) is 6.10 Å². The second kappa shape index (κ2) is 10.3. The Morgan fingerprint density at radius 1 is 1.32 bits per heavy atom. The topological polar surface area (TPSA) is 93.4 Å². The van der Waals surface area contributed by atoms with Crippen molar-refractivity contribution in [2.45, 2.75) is 76.3 Å². The summed E-state index contributed by atoms with van der Waals surface area (Å²) in [6, 6.07) is 0.297. The van der Waals surface area contributed by atoms with Crippen LogP contribution in [0.1, 0.15) is 57.1 Å². The maximum Gasteiger partial charge on any atom is 0.192 e. The predicted molar refractivity (Wildman–Crippen MR) is 112 cm³/mol. The molecule has 0 aromatic carbocycles. The van der Waals surface area contributed by atoms with Crippen molar-refractivity contribution in [3.8, 4) is 0 Å². The highest BCUT2D eigenvalue weighted by molar-refractivity contribution is 7.85. The molecular weight excluding hydrogens is 376 g/mol. The molecule has 3 rings (SSSR count). The van der Waals surface area contributed by atoms with Crippen LogP contribution in [-0.4, -0.2) is 61.2 Å². The van der Waals surface area contributed by atoms with Crippen molar-refractivity contribution < 1.29 is 8.95 Å². The summed E-state index contributed by atoms with van der Waals surface area (Å²) >= 11 is 0. The lowest BCUT2D eigenvalue weighted by Gasteiger charge is -2.30. The van der Waals surface area contributed by atoms with Gasteiger partial charge in [-0.2, -0.15) is 0 Å². The molecule has 28 heavy (non-hydrogen) atoms. The minimum Gasteiger partial charge on any atom is -0.376 e. The first-order valence-electron chi connectivity index (χ1n) is 10.4. The second-order valence-corrected chi connectivity index (χ2v) is 9.71. The molecule has 2 heterocycles. The second-order valence-electron chi connectivity index (χ2n) is 7.70. The van der Waals surface area contributed by atoms with Gasteiger partial charge in [0, 0.05) is 48.0 Å². The van der Waals surface area contributed by atoms with Gasteiger partial charge in [-0.05, 0) is 39.0 Å². The van der Waals surface area contributed by atoms with Crippen LogP contribution < -0.4 is 10.6 Å². The Morgan fingerprint density at radius 2 is 2.18 bits per heavy atom. The number of rotatable bonds is 7. The van der Waals surface area contributed by atoms with Crippen LogP contribution in [0, 0.1) is 6.92 Å². The van der Waals surface area contributed by atoms with Gasteiger partial charge in [-0.3, -0.25) is 4.21 Å². The molecule has 2 aliphatic rings. The van der Waals surface area contributed by atoms with E-state index in [-0.39, 0.29) is 11.4 Å². The van der Waals surface area contributed by atoms with Gasteiger partial charge in [-0.25, -0.2) is 4.99 Å². The number of aliphatic imine (C=N–C) groups is 1. The Labute approximate surface area is 170 Å². The fraction of sp³-hybridized carbons (Fsp3) is 0.842. The third kappa shape index (κ3) is 5.76. The van der Waals surface area contributed by atoms with E-state index in [2.05, 4.69) is 20.8 Å². The SMILES string of the molecule is CCS(=O)C1CCCC(NC(=NCc2nnc(C)n2C)NCC2CCCO2)C1. The number of hydrogen-bond donors (Lipinski definition) is 2. The third-order valence-electron chi connectivity index (χ3n) is 5.71. The molecule has 1 saturated carbocycles. The number of aromatic nitrogens is 3. The Kier molecular flexibility index (Phi) is 7.84. The average molecular weight is 411 g/mol. The van der Waals surface area contributed by atoms with Crippen LogP contribution >= 0.6 is 0 Å². The molecule has 0 spiro atoms. The van der Waals surface area contributed by atoms with Crippen molar-refractivity contribution in [1.29, 1.82) is 0 Å². The zero-order valence-corrected chi connectivity index (χ0v) is 18.1. The van der Waals surface area contributed by atoms with Crippen LogP contribution in [0.5, 0.6) is 0 Å². The molecule has 2 fully saturated rings. The molecule has 0 amide bonds. The molecular formula is C19H34N6O2S. The highest BCUT2D eigenvalue weighted by Gasteiger charge is 2.26. The molecule has 0 bridgehead atoms. The van der Waals surface area contributed by atoms with Gasteiger partial charge >= 0.3 is 0 Å². The van der Waals surface area contributed by atoms with Gasteiger partial charge in [0.2, 0.25) is 0 Å². The Hall–Kier alpha value is -1.48. The van der Waals surface area contributed by atoms with Crippen LogP contribution in [0.2, 0.25) is 0 Å². The van der Waals surface area contributed by atoms with E-state index in [9.17, 15) is 4.21 Å². The van der Waals surface area contributed by atoms with Gasteiger partial charge in [-0.1, -0.05) is 13.3 Å². The van der Waals surface area contributed by atoms with Crippen molar-refractivity contribution >= 4 is 16.8 Å². The average Bonchev–Trinajstić information content (AvgIpc) is 3.34. The zero-order valence-electron chi connectivity index (χ0n) is 17.3. The summed E-state index contributed by atoms with van der Waals surface area (Å²) in [5, 5.41) is 15.6. The third-order valence-corrected chi connectivity index (χ3v) is 7.45. The van der Waals surface area contributed by atoms with Crippen LogP contribution in [0.4, 0.5) is 0 Å². The molecule has 2 N–H and O–H groups in total. The molecule has 158 valence electrons. The molecule has 1 saturated heterocycles. The van der Waals surface area contributed by atoms with E-state index in [1.54, 1.807) is 0 Å². The molecule has 1 aliphatic carbocycles. The van der Waals surface area contributed by atoms with Gasteiger partial charge in [0.1, 0.15) is 12.4 Å². The summed E-state index contributed by atoms with van der Waals surface area (Å²) < 4.78 is 19.9. The minimum atomic E-state index is -0.730. The molecule has 1 aliphatic heterocycles. The Morgan fingerprint density at radius 3 is 2.86 bits per heavy atom. The number of hydrogen-bond acceptors (Lipinski definition) is 5. The zero-order chi connectivity index (χ0) is 19.9. The Bertz CT molecular complexity index is 686. The highest BCUT2D eigenvalue weighted by atomic mass is 32.2. The van der Waals surface area contributed by atoms with E-state index in [4.69, 9.17) is 9.73 Å². The van der Waals surface area contributed by atoms with E-state index in [1.165, 1.54) is 0 Å². The fourth-order valence-electron chi connectivity index (χ4n) is 3.85. The van der Waals surface area contributed by atoms with Crippen molar-refractivity contribution in [3.05, 3.63) is 11.6 Å². The van der Waals surface area contributed by atoms with E-state index < -0.39 is 10.8 Å². The monoisotopic (exact) mass is 410 g/mol. The Balaban J connectivity index is 1.63. The number of aryl methyl sites for hydroxylation is 1. The normalized spacial score (nSPS) is 27.0. The van der Waals surface area contributed by atoms with E-state index in [1.807, 2.05) is 25.5 Å². The minimum absolute atomic E-state index is 0.246.